The molecule has 0 saturated heterocycles. The summed E-state index contributed by atoms with van der Waals surface area (Å²) in [4.78, 5) is 23.7. The van der Waals surface area contributed by atoms with E-state index in [0.29, 0.717) is 12.4 Å². The van der Waals surface area contributed by atoms with Crippen molar-refractivity contribution in [3.63, 3.8) is 0 Å². The summed E-state index contributed by atoms with van der Waals surface area (Å²) < 4.78 is 17.1. The third-order valence-corrected chi connectivity index (χ3v) is 5.89. The van der Waals surface area contributed by atoms with Gasteiger partial charge >= 0.3 is 12.1 Å². The molecule has 176 valence electrons. The summed E-state index contributed by atoms with van der Waals surface area (Å²) in [5.41, 5.74) is 3.39. The van der Waals surface area contributed by atoms with Gasteiger partial charge < -0.3 is 19.5 Å². The number of carbonyl (C=O) groups excluding carboxylic acids is 2. The Hall–Kier alpha value is -3.80. The summed E-state index contributed by atoms with van der Waals surface area (Å²) in [5, 5.41) is 4.44. The van der Waals surface area contributed by atoms with E-state index in [0.717, 1.165) is 65.8 Å². The molecule has 3 aromatic carbocycles. The van der Waals surface area contributed by atoms with Crippen LogP contribution in [0.5, 0.6) is 11.5 Å². The minimum Gasteiger partial charge on any atom is -0.492 e. The maximum absolute atomic E-state index is 12.5. The Morgan fingerprint density at radius 1 is 0.882 bits per heavy atom. The predicted octanol–water partition coefficient (Wildman–Crippen LogP) is 5.16. The topological polar surface area (TPSA) is 73.9 Å². The highest BCUT2D eigenvalue weighted by Crippen LogP contribution is 2.44. The zero-order valence-corrected chi connectivity index (χ0v) is 19.2. The molecule has 0 heterocycles. The standard InChI is InChI=1S/C28H29NO5/c1-2-25(30)32-19-17-29-28(31)34-27-23-14-8-6-12-21(23)26(22-13-7-9-15-24(22)27)33-18-16-20-10-4-3-5-11-20/h2-6,8,10-12,14H,1,7,9,13,15-19H2,(H,29,31). The second-order valence-electron chi connectivity index (χ2n) is 8.14. The second kappa shape index (κ2) is 11.4. The normalized spacial score (nSPS) is 12.5. The van der Waals surface area contributed by atoms with Crippen LogP contribution in [0, 0.1) is 0 Å². The maximum atomic E-state index is 12.5. The van der Waals surface area contributed by atoms with Crippen molar-refractivity contribution in [1.82, 2.24) is 5.32 Å². The van der Waals surface area contributed by atoms with Gasteiger partial charge in [0.05, 0.1) is 13.2 Å². The summed E-state index contributed by atoms with van der Waals surface area (Å²) in [5.74, 6) is 0.949. The molecule has 0 aliphatic heterocycles. The molecule has 1 aliphatic carbocycles. The van der Waals surface area contributed by atoms with Crippen LogP contribution in [-0.4, -0.2) is 31.8 Å². The summed E-state index contributed by atoms with van der Waals surface area (Å²) >= 11 is 0. The molecule has 0 radical (unpaired) electrons. The molecule has 0 spiro atoms. The average molecular weight is 460 g/mol. The van der Waals surface area contributed by atoms with Crippen LogP contribution in [0.25, 0.3) is 10.8 Å². The van der Waals surface area contributed by atoms with Crippen LogP contribution in [0.15, 0.2) is 67.3 Å². The Bertz CT molecular complexity index is 1170. The Kier molecular flexibility index (Phi) is 7.81. The number of nitrogens with one attached hydrogen (secondary N) is 1. The molecule has 6 heteroatoms. The molecule has 0 atom stereocenters. The third-order valence-electron chi connectivity index (χ3n) is 5.89. The SMILES string of the molecule is C=CC(=O)OCCNC(=O)Oc1c2c(c(OCCc3ccccc3)c3ccccc13)CCCC2. The Labute approximate surface area is 199 Å². The van der Waals surface area contributed by atoms with Crippen molar-refractivity contribution in [1.29, 1.82) is 0 Å². The smallest absolute Gasteiger partial charge is 0.412 e. The van der Waals surface area contributed by atoms with Crippen molar-refractivity contribution < 1.29 is 23.8 Å². The molecule has 0 unspecified atom stereocenters. The van der Waals surface area contributed by atoms with Crippen molar-refractivity contribution in [3.8, 4) is 11.5 Å². The molecule has 1 N–H and O–H groups in total. The van der Waals surface area contributed by atoms with Crippen LogP contribution in [0.3, 0.4) is 0 Å². The molecule has 0 aromatic heterocycles. The van der Waals surface area contributed by atoms with Crippen LogP contribution in [0.2, 0.25) is 0 Å². The van der Waals surface area contributed by atoms with Crippen molar-refractivity contribution in [3.05, 3.63) is 83.9 Å². The van der Waals surface area contributed by atoms with E-state index in [1.807, 2.05) is 42.5 Å². The third kappa shape index (κ3) is 5.57. The Balaban J connectivity index is 1.56. The van der Waals surface area contributed by atoms with Gasteiger partial charge in [-0.05, 0) is 31.2 Å². The number of amides is 1. The highest BCUT2D eigenvalue weighted by molar-refractivity contribution is 5.97. The minimum absolute atomic E-state index is 0.0486. The van der Waals surface area contributed by atoms with Gasteiger partial charge in [-0.3, -0.25) is 0 Å². The molecule has 0 bridgehead atoms. The van der Waals surface area contributed by atoms with Gasteiger partial charge in [0.15, 0.2) is 0 Å². The zero-order chi connectivity index (χ0) is 23.8. The first-order chi connectivity index (χ1) is 16.7. The van der Waals surface area contributed by atoms with Gasteiger partial charge in [-0.2, -0.15) is 0 Å². The monoisotopic (exact) mass is 459 g/mol. The maximum Gasteiger partial charge on any atom is 0.412 e. The fourth-order valence-corrected chi connectivity index (χ4v) is 4.30. The lowest BCUT2D eigenvalue weighted by molar-refractivity contribution is -0.137. The lowest BCUT2D eigenvalue weighted by atomic mass is 9.87. The molecular weight excluding hydrogens is 430 g/mol. The van der Waals surface area contributed by atoms with Crippen LogP contribution in [0.4, 0.5) is 4.79 Å². The van der Waals surface area contributed by atoms with Crippen LogP contribution < -0.4 is 14.8 Å². The highest BCUT2D eigenvalue weighted by atomic mass is 16.6. The Morgan fingerprint density at radius 3 is 2.24 bits per heavy atom. The van der Waals surface area contributed by atoms with E-state index < -0.39 is 12.1 Å². The quantitative estimate of drug-likeness (QED) is 0.272. The number of fused-ring (bicyclic) bond motifs is 2. The fraction of sp³-hybridized carbons (Fsp3) is 0.286. The molecule has 1 amide bonds. The molecule has 3 aromatic rings. The molecule has 6 nitrogen and oxygen atoms in total. The van der Waals surface area contributed by atoms with Gasteiger partial charge in [0.2, 0.25) is 0 Å². The van der Waals surface area contributed by atoms with Crippen LogP contribution >= 0.6 is 0 Å². The Morgan fingerprint density at radius 2 is 1.53 bits per heavy atom. The number of hydrogen-bond donors (Lipinski definition) is 1. The van der Waals surface area contributed by atoms with Crippen molar-refractivity contribution in [2.75, 3.05) is 19.8 Å². The number of benzene rings is 3. The summed E-state index contributed by atoms with van der Waals surface area (Å²) in [6.07, 6.45) is 5.14. The summed E-state index contributed by atoms with van der Waals surface area (Å²) in [6.45, 7) is 4.12. The van der Waals surface area contributed by atoms with E-state index >= 15 is 0 Å². The average Bonchev–Trinajstić information content (AvgIpc) is 2.88. The largest absolute Gasteiger partial charge is 0.492 e. The molecular formula is C28H29NO5. The van der Waals surface area contributed by atoms with E-state index in [2.05, 4.69) is 24.0 Å². The van der Waals surface area contributed by atoms with Gasteiger partial charge in [-0.25, -0.2) is 9.59 Å². The molecule has 34 heavy (non-hydrogen) atoms. The lowest BCUT2D eigenvalue weighted by Gasteiger charge is -2.25. The first-order valence-electron chi connectivity index (χ1n) is 11.7. The number of esters is 1. The molecule has 1 aliphatic rings. The zero-order valence-electron chi connectivity index (χ0n) is 19.2. The summed E-state index contributed by atoms with van der Waals surface area (Å²) in [7, 11) is 0. The second-order valence-corrected chi connectivity index (χ2v) is 8.14. The van der Waals surface area contributed by atoms with Gasteiger partial charge in [0.25, 0.3) is 0 Å². The first-order valence-corrected chi connectivity index (χ1v) is 11.7. The molecule has 4 rings (SSSR count). The summed E-state index contributed by atoms with van der Waals surface area (Å²) in [6, 6.07) is 18.2. The van der Waals surface area contributed by atoms with Gasteiger partial charge in [-0.1, -0.05) is 61.2 Å². The van der Waals surface area contributed by atoms with Gasteiger partial charge in [0.1, 0.15) is 18.1 Å². The van der Waals surface area contributed by atoms with Crippen LogP contribution in [-0.2, 0) is 28.8 Å². The lowest BCUT2D eigenvalue weighted by Crippen LogP contribution is -2.31. The number of hydrogen-bond acceptors (Lipinski definition) is 5. The van der Waals surface area contributed by atoms with Crippen molar-refractivity contribution >= 4 is 22.8 Å². The van der Waals surface area contributed by atoms with E-state index in [1.54, 1.807) is 0 Å². The van der Waals surface area contributed by atoms with E-state index in [-0.39, 0.29) is 13.2 Å². The fourth-order valence-electron chi connectivity index (χ4n) is 4.30. The number of carbonyl (C=O) groups is 2. The van der Waals surface area contributed by atoms with E-state index in [9.17, 15) is 9.59 Å². The van der Waals surface area contributed by atoms with Crippen molar-refractivity contribution in [2.45, 2.75) is 32.1 Å². The number of rotatable bonds is 9. The van der Waals surface area contributed by atoms with Crippen LogP contribution in [0.1, 0.15) is 29.5 Å². The minimum atomic E-state index is -0.578. The van der Waals surface area contributed by atoms with Gasteiger partial charge in [-0.15, -0.1) is 0 Å². The van der Waals surface area contributed by atoms with Gasteiger partial charge in [0, 0.05) is 34.4 Å². The highest BCUT2D eigenvalue weighted by Gasteiger charge is 2.25. The molecule has 0 fully saturated rings. The number of ether oxygens (including phenoxy) is 3. The van der Waals surface area contributed by atoms with E-state index in [4.69, 9.17) is 14.2 Å². The predicted molar refractivity (Wildman–Crippen MR) is 131 cm³/mol. The first kappa shape index (κ1) is 23.4. The van der Waals surface area contributed by atoms with Crippen molar-refractivity contribution in [2.24, 2.45) is 0 Å². The van der Waals surface area contributed by atoms with E-state index in [1.165, 1.54) is 5.56 Å². The molecule has 0 saturated carbocycles.